The first kappa shape index (κ1) is 30.0. The van der Waals surface area contributed by atoms with E-state index in [0.717, 1.165) is 54.0 Å². The van der Waals surface area contributed by atoms with Crippen LogP contribution >= 0.6 is 0 Å². The van der Waals surface area contributed by atoms with Crippen molar-refractivity contribution < 1.29 is 14.3 Å². The predicted octanol–water partition coefficient (Wildman–Crippen LogP) is 7.65. The number of para-hydroxylation sites is 1. The van der Waals surface area contributed by atoms with Crippen molar-refractivity contribution in [3.8, 4) is 17.4 Å². The van der Waals surface area contributed by atoms with Crippen LogP contribution in [0.4, 0.5) is 17.3 Å². The SMILES string of the molecule is CCCc1ccc(Oc2nc(Nc3ccc(C4CCN(C)CC4)cc3)ncc2C(=O)Nc2c(C)cccc2C)c(OC)c1. The molecule has 2 heterocycles. The molecule has 43 heavy (non-hydrogen) atoms. The average molecular weight is 580 g/mol. The third kappa shape index (κ3) is 7.32. The van der Waals surface area contributed by atoms with Gasteiger partial charge < -0.3 is 25.0 Å². The summed E-state index contributed by atoms with van der Waals surface area (Å²) >= 11 is 0. The molecule has 1 fully saturated rings. The minimum atomic E-state index is -0.358. The normalized spacial score (nSPS) is 13.9. The number of piperidine rings is 1. The Balaban J connectivity index is 1.43. The van der Waals surface area contributed by atoms with E-state index in [0.29, 0.717) is 23.4 Å². The average Bonchev–Trinajstić information content (AvgIpc) is 3.01. The fourth-order valence-corrected chi connectivity index (χ4v) is 5.51. The molecule has 224 valence electrons. The Morgan fingerprint density at radius 2 is 1.72 bits per heavy atom. The number of rotatable bonds is 10. The third-order valence-electron chi connectivity index (χ3n) is 8.05. The first-order chi connectivity index (χ1) is 20.8. The van der Waals surface area contributed by atoms with Gasteiger partial charge in [0.2, 0.25) is 11.8 Å². The molecule has 4 aromatic rings. The van der Waals surface area contributed by atoms with Crippen molar-refractivity contribution in [2.45, 2.75) is 52.4 Å². The van der Waals surface area contributed by atoms with Crippen molar-refractivity contribution in [2.24, 2.45) is 0 Å². The van der Waals surface area contributed by atoms with Gasteiger partial charge >= 0.3 is 0 Å². The number of nitrogens with zero attached hydrogens (tertiary/aromatic N) is 3. The van der Waals surface area contributed by atoms with Crippen LogP contribution in [0.25, 0.3) is 0 Å². The molecule has 0 spiro atoms. The van der Waals surface area contributed by atoms with E-state index >= 15 is 0 Å². The van der Waals surface area contributed by atoms with Crippen molar-refractivity contribution in [2.75, 3.05) is 37.9 Å². The number of hydrogen-bond donors (Lipinski definition) is 2. The number of benzene rings is 3. The number of aromatic nitrogens is 2. The smallest absolute Gasteiger partial charge is 0.262 e. The lowest BCUT2D eigenvalue weighted by molar-refractivity contribution is 0.102. The molecule has 8 heteroatoms. The summed E-state index contributed by atoms with van der Waals surface area (Å²) in [6, 6.07) is 20.2. The number of likely N-dealkylation sites (tertiary alicyclic amines) is 1. The lowest BCUT2D eigenvalue weighted by Gasteiger charge is -2.29. The zero-order chi connectivity index (χ0) is 30.3. The summed E-state index contributed by atoms with van der Waals surface area (Å²) < 4.78 is 11.9. The molecule has 0 unspecified atom stereocenters. The maximum atomic E-state index is 13.6. The second kappa shape index (κ2) is 13.7. The van der Waals surface area contributed by atoms with Gasteiger partial charge in [-0.05, 0) is 106 Å². The highest BCUT2D eigenvalue weighted by Crippen LogP contribution is 2.35. The fourth-order valence-electron chi connectivity index (χ4n) is 5.51. The second-order valence-electron chi connectivity index (χ2n) is 11.3. The minimum absolute atomic E-state index is 0.130. The molecule has 3 aromatic carbocycles. The monoisotopic (exact) mass is 579 g/mol. The van der Waals surface area contributed by atoms with Crippen LogP contribution in [0.2, 0.25) is 0 Å². The van der Waals surface area contributed by atoms with Gasteiger partial charge in [-0.15, -0.1) is 0 Å². The summed E-state index contributed by atoms with van der Waals surface area (Å²) in [4.78, 5) is 25.1. The van der Waals surface area contributed by atoms with Gasteiger partial charge in [0.1, 0.15) is 5.56 Å². The topological polar surface area (TPSA) is 88.6 Å². The Morgan fingerprint density at radius 3 is 2.40 bits per heavy atom. The summed E-state index contributed by atoms with van der Waals surface area (Å²) in [6.07, 6.45) is 5.78. The number of carbonyl (C=O) groups is 1. The van der Waals surface area contributed by atoms with Crippen molar-refractivity contribution in [1.29, 1.82) is 0 Å². The van der Waals surface area contributed by atoms with E-state index in [4.69, 9.17) is 9.47 Å². The number of aryl methyl sites for hydroxylation is 3. The Bertz CT molecular complexity index is 1540. The summed E-state index contributed by atoms with van der Waals surface area (Å²) in [5.41, 5.74) is 6.25. The molecular weight excluding hydrogens is 538 g/mol. The van der Waals surface area contributed by atoms with Gasteiger partial charge in [0.25, 0.3) is 5.91 Å². The van der Waals surface area contributed by atoms with Gasteiger partial charge in [0.05, 0.1) is 7.11 Å². The molecule has 1 saturated heterocycles. The van der Waals surface area contributed by atoms with Gasteiger partial charge in [-0.2, -0.15) is 4.98 Å². The standard InChI is InChI=1S/C35H41N5O3/c1-6-8-25-11-16-30(31(21-25)42-5)43-34-29(33(41)38-32-23(2)9-7-10-24(32)3)22-36-35(39-34)37-28-14-12-26(13-15-28)27-17-19-40(4)20-18-27/h7,9-16,21-22,27H,6,8,17-20H2,1-5H3,(H,38,41)(H,36,37,39). The number of nitrogens with one attached hydrogen (secondary N) is 2. The summed E-state index contributed by atoms with van der Waals surface area (Å²) in [5, 5.41) is 6.31. The summed E-state index contributed by atoms with van der Waals surface area (Å²) in [7, 11) is 3.78. The van der Waals surface area contributed by atoms with Crippen molar-refractivity contribution in [3.63, 3.8) is 0 Å². The van der Waals surface area contributed by atoms with Crippen molar-refractivity contribution >= 4 is 23.2 Å². The Labute approximate surface area is 254 Å². The lowest BCUT2D eigenvalue weighted by Crippen LogP contribution is -2.29. The highest BCUT2D eigenvalue weighted by Gasteiger charge is 2.21. The first-order valence-corrected chi connectivity index (χ1v) is 15.0. The number of hydrogen-bond acceptors (Lipinski definition) is 7. The highest BCUT2D eigenvalue weighted by molar-refractivity contribution is 6.06. The van der Waals surface area contributed by atoms with E-state index in [1.165, 1.54) is 24.6 Å². The number of anilines is 3. The van der Waals surface area contributed by atoms with Crippen LogP contribution in [0.15, 0.2) is 66.9 Å². The van der Waals surface area contributed by atoms with Crippen LogP contribution < -0.4 is 20.1 Å². The number of methoxy groups -OCH3 is 1. The lowest BCUT2D eigenvalue weighted by atomic mass is 9.89. The molecule has 1 aromatic heterocycles. The van der Waals surface area contributed by atoms with E-state index < -0.39 is 0 Å². The summed E-state index contributed by atoms with van der Waals surface area (Å²) in [6.45, 7) is 8.30. The van der Waals surface area contributed by atoms with Gasteiger partial charge in [-0.25, -0.2) is 4.98 Å². The Hall–Kier alpha value is -4.43. The summed E-state index contributed by atoms with van der Waals surface area (Å²) in [5.74, 6) is 1.72. The maximum Gasteiger partial charge on any atom is 0.262 e. The molecule has 5 rings (SSSR count). The van der Waals surface area contributed by atoms with Gasteiger partial charge in [-0.1, -0.05) is 49.7 Å². The number of amides is 1. The zero-order valence-corrected chi connectivity index (χ0v) is 25.7. The fraction of sp³-hybridized carbons (Fsp3) is 0.343. The zero-order valence-electron chi connectivity index (χ0n) is 25.7. The molecule has 0 aliphatic carbocycles. The Kier molecular flexibility index (Phi) is 9.57. The van der Waals surface area contributed by atoms with Crippen molar-refractivity contribution in [1.82, 2.24) is 14.9 Å². The van der Waals surface area contributed by atoms with Gasteiger partial charge in [-0.3, -0.25) is 4.79 Å². The largest absolute Gasteiger partial charge is 0.493 e. The van der Waals surface area contributed by atoms with Crippen LogP contribution in [0.1, 0.15) is 64.7 Å². The maximum absolute atomic E-state index is 13.6. The highest BCUT2D eigenvalue weighted by atomic mass is 16.5. The second-order valence-corrected chi connectivity index (χ2v) is 11.3. The van der Waals surface area contributed by atoms with E-state index in [2.05, 4.69) is 63.7 Å². The third-order valence-corrected chi connectivity index (χ3v) is 8.05. The van der Waals surface area contributed by atoms with Crippen LogP contribution in [0.3, 0.4) is 0 Å². The predicted molar refractivity (Wildman–Crippen MR) is 172 cm³/mol. The minimum Gasteiger partial charge on any atom is -0.493 e. The quantitative estimate of drug-likeness (QED) is 0.199. The van der Waals surface area contributed by atoms with E-state index in [-0.39, 0.29) is 17.4 Å². The number of carbonyl (C=O) groups excluding carboxylic acids is 1. The molecule has 1 aliphatic heterocycles. The molecule has 0 bridgehead atoms. The van der Waals surface area contributed by atoms with Crippen LogP contribution in [0, 0.1) is 13.8 Å². The Morgan fingerprint density at radius 1 is 1.00 bits per heavy atom. The van der Waals surface area contributed by atoms with Crippen LogP contribution in [-0.4, -0.2) is 48.0 Å². The van der Waals surface area contributed by atoms with E-state index in [9.17, 15) is 4.79 Å². The molecule has 1 aliphatic rings. The molecule has 0 radical (unpaired) electrons. The van der Waals surface area contributed by atoms with Crippen molar-refractivity contribution in [3.05, 3.63) is 94.7 Å². The molecule has 0 atom stereocenters. The molecule has 1 amide bonds. The van der Waals surface area contributed by atoms with Gasteiger partial charge in [0.15, 0.2) is 11.5 Å². The molecule has 8 nitrogen and oxygen atoms in total. The first-order valence-electron chi connectivity index (χ1n) is 15.0. The van der Waals surface area contributed by atoms with Gasteiger partial charge in [0, 0.05) is 17.6 Å². The molecule has 2 N–H and O–H groups in total. The molecular formula is C35H41N5O3. The number of ether oxygens (including phenoxy) is 2. The van der Waals surface area contributed by atoms with E-state index in [1.807, 2.05) is 50.2 Å². The van der Waals surface area contributed by atoms with E-state index in [1.54, 1.807) is 7.11 Å². The molecule has 0 saturated carbocycles. The van der Waals surface area contributed by atoms with Crippen LogP contribution in [-0.2, 0) is 6.42 Å². The van der Waals surface area contributed by atoms with Crippen LogP contribution in [0.5, 0.6) is 17.4 Å².